The van der Waals surface area contributed by atoms with Crippen molar-refractivity contribution in [1.29, 1.82) is 0 Å². The Hall–Kier alpha value is -0.0800. The van der Waals surface area contributed by atoms with Crippen LogP contribution in [0.4, 0.5) is 0 Å². The third kappa shape index (κ3) is 0.565. The standard InChI is InChI=1S/C6H11NO/c1-2-6-5(1)7-3-4-8-6/h5-7H,1-4H2/t5-,6+/m0/s1. The normalized spacial score (nSPS) is 45.0. The lowest BCUT2D eigenvalue weighted by Gasteiger charge is -2.40. The summed E-state index contributed by atoms with van der Waals surface area (Å²) in [6.45, 7) is 1.97. The highest BCUT2D eigenvalue weighted by atomic mass is 16.5. The van der Waals surface area contributed by atoms with E-state index in [0.29, 0.717) is 12.1 Å². The van der Waals surface area contributed by atoms with Crippen molar-refractivity contribution in [3.8, 4) is 0 Å². The maximum Gasteiger partial charge on any atom is 0.0729 e. The van der Waals surface area contributed by atoms with Gasteiger partial charge in [0.1, 0.15) is 0 Å². The minimum Gasteiger partial charge on any atom is -0.375 e. The number of nitrogens with one attached hydrogen (secondary N) is 1. The lowest BCUT2D eigenvalue weighted by atomic mass is 9.88. The van der Waals surface area contributed by atoms with E-state index in [0.717, 1.165) is 13.2 Å². The third-order valence-corrected chi connectivity index (χ3v) is 2.05. The molecule has 1 aliphatic carbocycles. The summed E-state index contributed by atoms with van der Waals surface area (Å²) in [7, 11) is 0. The minimum absolute atomic E-state index is 0.573. The van der Waals surface area contributed by atoms with Crippen molar-refractivity contribution in [2.45, 2.75) is 25.0 Å². The molecule has 2 rings (SSSR count). The smallest absolute Gasteiger partial charge is 0.0729 e. The highest BCUT2D eigenvalue weighted by Crippen LogP contribution is 2.24. The van der Waals surface area contributed by atoms with E-state index < -0.39 is 0 Å². The highest BCUT2D eigenvalue weighted by Gasteiger charge is 2.33. The molecular formula is C6H11NO. The zero-order valence-corrected chi connectivity index (χ0v) is 4.89. The first-order valence-corrected chi connectivity index (χ1v) is 3.32. The van der Waals surface area contributed by atoms with E-state index in [1.165, 1.54) is 12.8 Å². The molecule has 2 aliphatic rings. The summed E-state index contributed by atoms with van der Waals surface area (Å²) in [6.07, 6.45) is 3.17. The minimum atomic E-state index is 0.573. The molecule has 0 unspecified atom stereocenters. The van der Waals surface area contributed by atoms with Gasteiger partial charge in [-0.15, -0.1) is 0 Å². The molecule has 1 saturated carbocycles. The Morgan fingerprint density at radius 1 is 1.38 bits per heavy atom. The molecule has 0 amide bonds. The van der Waals surface area contributed by atoms with Gasteiger partial charge in [0, 0.05) is 12.6 Å². The Morgan fingerprint density at radius 3 is 2.75 bits per heavy atom. The summed E-state index contributed by atoms with van der Waals surface area (Å²) in [5.74, 6) is 0. The van der Waals surface area contributed by atoms with Crippen LogP contribution in [0.2, 0.25) is 0 Å². The lowest BCUT2D eigenvalue weighted by Crippen LogP contribution is -2.54. The van der Waals surface area contributed by atoms with Gasteiger partial charge >= 0.3 is 0 Å². The largest absolute Gasteiger partial charge is 0.375 e. The number of ether oxygens (including phenoxy) is 1. The Kier molecular flexibility index (Phi) is 1.02. The van der Waals surface area contributed by atoms with Crippen molar-refractivity contribution in [2.24, 2.45) is 0 Å². The van der Waals surface area contributed by atoms with E-state index in [1.807, 2.05) is 0 Å². The van der Waals surface area contributed by atoms with Crippen LogP contribution in [0, 0.1) is 0 Å². The predicted octanol–water partition coefficient (Wildman–Crippen LogP) is 0.137. The maximum atomic E-state index is 5.41. The van der Waals surface area contributed by atoms with Crippen molar-refractivity contribution in [2.75, 3.05) is 13.2 Å². The molecule has 0 aromatic carbocycles. The molecule has 2 heteroatoms. The van der Waals surface area contributed by atoms with Crippen molar-refractivity contribution >= 4 is 0 Å². The molecule has 1 saturated heterocycles. The van der Waals surface area contributed by atoms with Crippen molar-refractivity contribution < 1.29 is 4.74 Å². The first kappa shape index (κ1) is 4.77. The molecule has 1 aliphatic heterocycles. The van der Waals surface area contributed by atoms with Gasteiger partial charge in [-0.1, -0.05) is 0 Å². The van der Waals surface area contributed by atoms with Crippen LogP contribution in [0.15, 0.2) is 0 Å². The predicted molar refractivity (Wildman–Crippen MR) is 30.8 cm³/mol. The summed E-state index contributed by atoms with van der Waals surface area (Å²) in [6, 6.07) is 0.712. The van der Waals surface area contributed by atoms with Gasteiger partial charge in [-0.2, -0.15) is 0 Å². The van der Waals surface area contributed by atoms with Crippen LogP contribution in [0.5, 0.6) is 0 Å². The average molecular weight is 113 g/mol. The fourth-order valence-corrected chi connectivity index (χ4v) is 1.36. The maximum absolute atomic E-state index is 5.41. The Labute approximate surface area is 49.2 Å². The van der Waals surface area contributed by atoms with Crippen LogP contribution in [0.25, 0.3) is 0 Å². The lowest BCUT2D eigenvalue weighted by molar-refractivity contribution is -0.0553. The van der Waals surface area contributed by atoms with Gasteiger partial charge in [0.2, 0.25) is 0 Å². The summed E-state index contributed by atoms with van der Waals surface area (Å²) in [5, 5.41) is 3.39. The Bertz CT molecular complexity index is 82.5. The van der Waals surface area contributed by atoms with E-state index in [1.54, 1.807) is 0 Å². The molecule has 46 valence electrons. The van der Waals surface area contributed by atoms with Gasteiger partial charge < -0.3 is 10.1 Å². The molecule has 0 bridgehead atoms. The second-order valence-electron chi connectivity index (χ2n) is 2.55. The van der Waals surface area contributed by atoms with Crippen LogP contribution in [-0.2, 0) is 4.74 Å². The summed E-state index contributed by atoms with van der Waals surface area (Å²) < 4.78 is 5.41. The molecule has 0 aromatic heterocycles. The molecule has 2 atom stereocenters. The first-order chi connectivity index (χ1) is 3.97. The molecule has 2 nitrogen and oxygen atoms in total. The Morgan fingerprint density at radius 2 is 2.38 bits per heavy atom. The van der Waals surface area contributed by atoms with E-state index in [2.05, 4.69) is 5.32 Å². The average Bonchev–Trinajstić information content (AvgIpc) is 1.72. The van der Waals surface area contributed by atoms with Crippen molar-refractivity contribution in [3.63, 3.8) is 0 Å². The van der Waals surface area contributed by atoms with E-state index in [4.69, 9.17) is 4.74 Å². The molecular weight excluding hydrogens is 102 g/mol. The van der Waals surface area contributed by atoms with E-state index in [9.17, 15) is 0 Å². The number of hydrogen-bond donors (Lipinski definition) is 1. The highest BCUT2D eigenvalue weighted by molar-refractivity contribution is 4.90. The van der Waals surface area contributed by atoms with Gasteiger partial charge in [0.05, 0.1) is 12.7 Å². The molecule has 8 heavy (non-hydrogen) atoms. The van der Waals surface area contributed by atoms with Gasteiger partial charge in [0.25, 0.3) is 0 Å². The number of fused-ring (bicyclic) bond motifs is 1. The van der Waals surface area contributed by atoms with Crippen LogP contribution < -0.4 is 5.32 Å². The fraction of sp³-hybridized carbons (Fsp3) is 1.00. The summed E-state index contributed by atoms with van der Waals surface area (Å²) >= 11 is 0. The summed E-state index contributed by atoms with van der Waals surface area (Å²) in [5.41, 5.74) is 0. The number of hydrogen-bond acceptors (Lipinski definition) is 2. The van der Waals surface area contributed by atoms with Gasteiger partial charge in [-0.25, -0.2) is 0 Å². The fourth-order valence-electron chi connectivity index (χ4n) is 1.36. The molecule has 0 radical (unpaired) electrons. The SMILES string of the molecule is C1CO[C@@H]2CC[C@@H]2N1. The zero-order chi connectivity index (χ0) is 5.40. The molecule has 0 aromatic rings. The topological polar surface area (TPSA) is 21.3 Å². The molecule has 1 N–H and O–H groups in total. The van der Waals surface area contributed by atoms with Crippen LogP contribution in [0.1, 0.15) is 12.8 Å². The zero-order valence-electron chi connectivity index (χ0n) is 4.89. The van der Waals surface area contributed by atoms with Gasteiger partial charge in [-0.3, -0.25) is 0 Å². The van der Waals surface area contributed by atoms with Crippen molar-refractivity contribution in [3.05, 3.63) is 0 Å². The Balaban J connectivity index is 1.92. The third-order valence-electron chi connectivity index (χ3n) is 2.05. The number of morpholine rings is 1. The van der Waals surface area contributed by atoms with E-state index >= 15 is 0 Å². The monoisotopic (exact) mass is 113 g/mol. The molecule has 0 spiro atoms. The van der Waals surface area contributed by atoms with E-state index in [-0.39, 0.29) is 0 Å². The molecule has 1 heterocycles. The van der Waals surface area contributed by atoms with Gasteiger partial charge in [0.15, 0.2) is 0 Å². The number of rotatable bonds is 0. The second kappa shape index (κ2) is 1.71. The summed E-state index contributed by atoms with van der Waals surface area (Å²) in [4.78, 5) is 0. The van der Waals surface area contributed by atoms with Crippen LogP contribution in [0.3, 0.4) is 0 Å². The van der Waals surface area contributed by atoms with Crippen molar-refractivity contribution in [1.82, 2.24) is 5.32 Å². The van der Waals surface area contributed by atoms with Gasteiger partial charge in [-0.05, 0) is 12.8 Å². The van der Waals surface area contributed by atoms with Crippen LogP contribution in [-0.4, -0.2) is 25.3 Å². The van der Waals surface area contributed by atoms with Crippen LogP contribution >= 0.6 is 0 Å². The first-order valence-electron chi connectivity index (χ1n) is 3.32. The molecule has 2 fully saturated rings. The second-order valence-corrected chi connectivity index (χ2v) is 2.55. The quantitative estimate of drug-likeness (QED) is 0.482.